The average molecular weight is 95.1 g/mol. The molecule has 1 rings (SSSR count). The third-order valence-corrected chi connectivity index (χ3v) is 1.02. The van der Waals surface area contributed by atoms with E-state index in [0.29, 0.717) is 0 Å². The van der Waals surface area contributed by atoms with Crippen LogP contribution in [0.4, 0.5) is 0 Å². The zero-order valence-corrected chi connectivity index (χ0v) is 4.30. The van der Waals surface area contributed by atoms with E-state index in [9.17, 15) is 0 Å². The summed E-state index contributed by atoms with van der Waals surface area (Å²) < 4.78 is 0. The summed E-state index contributed by atoms with van der Waals surface area (Å²) >= 11 is 0. The Morgan fingerprint density at radius 2 is 2.57 bits per heavy atom. The summed E-state index contributed by atoms with van der Waals surface area (Å²) in [5.41, 5.74) is 0. The van der Waals surface area contributed by atoms with Gasteiger partial charge in [0.15, 0.2) is 0 Å². The lowest BCUT2D eigenvalue weighted by Gasteiger charge is -2.22. The van der Waals surface area contributed by atoms with Crippen LogP contribution in [0.3, 0.4) is 0 Å². The van der Waals surface area contributed by atoms with Crippen LogP contribution in [-0.4, -0.2) is 18.0 Å². The Kier molecular flexibility index (Phi) is 1.16. The Morgan fingerprint density at radius 1 is 1.86 bits per heavy atom. The standard InChI is InChI=1S/C6H9N/c1-2-4-7-5-3-6-7/h2-3,5H,1,4,6H2. The molecule has 0 aromatic rings. The van der Waals surface area contributed by atoms with Crippen LogP contribution in [0.5, 0.6) is 0 Å². The van der Waals surface area contributed by atoms with Crippen LogP contribution < -0.4 is 0 Å². The van der Waals surface area contributed by atoms with Crippen molar-refractivity contribution in [3.63, 3.8) is 0 Å². The van der Waals surface area contributed by atoms with Crippen molar-refractivity contribution in [2.24, 2.45) is 0 Å². The maximum Gasteiger partial charge on any atom is 0.0374 e. The molecule has 0 aromatic heterocycles. The first-order valence-electron chi connectivity index (χ1n) is 2.45. The minimum Gasteiger partial charge on any atom is -0.370 e. The van der Waals surface area contributed by atoms with Gasteiger partial charge in [-0.15, -0.1) is 6.58 Å². The van der Waals surface area contributed by atoms with Crippen molar-refractivity contribution in [2.75, 3.05) is 13.1 Å². The first kappa shape index (κ1) is 4.44. The maximum atomic E-state index is 3.61. The highest BCUT2D eigenvalue weighted by molar-refractivity contribution is 4.99. The van der Waals surface area contributed by atoms with Crippen LogP contribution in [0.2, 0.25) is 0 Å². The van der Waals surface area contributed by atoms with Gasteiger partial charge in [0.05, 0.1) is 0 Å². The highest BCUT2D eigenvalue weighted by Gasteiger charge is 1.98. The molecule has 1 aliphatic heterocycles. The topological polar surface area (TPSA) is 3.24 Å². The molecule has 1 nitrogen and oxygen atoms in total. The summed E-state index contributed by atoms with van der Waals surface area (Å²) in [4.78, 5) is 2.19. The lowest BCUT2D eigenvalue weighted by molar-refractivity contribution is 0.417. The molecule has 1 heteroatoms. The minimum atomic E-state index is 0.997. The highest BCUT2D eigenvalue weighted by Crippen LogP contribution is 1.99. The molecule has 0 radical (unpaired) electrons. The van der Waals surface area contributed by atoms with E-state index in [4.69, 9.17) is 0 Å². The fraction of sp³-hybridized carbons (Fsp3) is 0.333. The quantitative estimate of drug-likeness (QED) is 0.462. The molecule has 0 N–H and O–H groups in total. The molecule has 7 heavy (non-hydrogen) atoms. The monoisotopic (exact) mass is 95.1 g/mol. The van der Waals surface area contributed by atoms with Crippen molar-refractivity contribution < 1.29 is 0 Å². The van der Waals surface area contributed by atoms with Crippen LogP contribution in [0.15, 0.2) is 24.9 Å². The molecule has 0 spiro atoms. The molecule has 0 unspecified atom stereocenters. The maximum absolute atomic E-state index is 3.61. The van der Waals surface area contributed by atoms with Crippen molar-refractivity contribution in [2.45, 2.75) is 0 Å². The van der Waals surface area contributed by atoms with Crippen molar-refractivity contribution in [3.8, 4) is 0 Å². The fourth-order valence-electron chi connectivity index (χ4n) is 0.556. The first-order valence-corrected chi connectivity index (χ1v) is 2.45. The summed E-state index contributed by atoms with van der Waals surface area (Å²) in [7, 11) is 0. The van der Waals surface area contributed by atoms with Gasteiger partial charge in [0.2, 0.25) is 0 Å². The van der Waals surface area contributed by atoms with E-state index in [0.717, 1.165) is 13.1 Å². The van der Waals surface area contributed by atoms with E-state index in [1.807, 2.05) is 6.08 Å². The van der Waals surface area contributed by atoms with Crippen molar-refractivity contribution in [1.29, 1.82) is 0 Å². The minimum absolute atomic E-state index is 0.997. The summed E-state index contributed by atoms with van der Waals surface area (Å²) in [6.07, 6.45) is 6.11. The Balaban J connectivity index is 2.17. The predicted molar refractivity (Wildman–Crippen MR) is 30.9 cm³/mol. The van der Waals surface area contributed by atoms with E-state index < -0.39 is 0 Å². The van der Waals surface area contributed by atoms with Gasteiger partial charge in [-0.05, 0) is 12.3 Å². The number of rotatable bonds is 2. The highest BCUT2D eigenvalue weighted by atomic mass is 15.1. The van der Waals surface area contributed by atoms with Gasteiger partial charge in [-0.25, -0.2) is 0 Å². The van der Waals surface area contributed by atoms with E-state index in [1.165, 1.54) is 0 Å². The molecule has 0 saturated carbocycles. The van der Waals surface area contributed by atoms with Gasteiger partial charge in [0, 0.05) is 13.1 Å². The summed E-state index contributed by atoms with van der Waals surface area (Å²) in [6, 6.07) is 0. The smallest absolute Gasteiger partial charge is 0.0374 e. The van der Waals surface area contributed by atoms with Crippen LogP contribution >= 0.6 is 0 Å². The zero-order valence-electron chi connectivity index (χ0n) is 4.30. The summed E-state index contributed by atoms with van der Waals surface area (Å²) in [6.45, 7) is 5.71. The van der Waals surface area contributed by atoms with Crippen molar-refractivity contribution >= 4 is 0 Å². The number of hydrogen-bond acceptors (Lipinski definition) is 1. The lowest BCUT2D eigenvalue weighted by Crippen LogP contribution is -2.23. The average Bonchev–Trinajstić information content (AvgIpc) is 1.55. The SMILES string of the molecule is C=CCN1C=CC1. The van der Waals surface area contributed by atoms with E-state index in [-0.39, 0.29) is 0 Å². The normalized spacial score (nSPS) is 16.3. The molecule has 38 valence electrons. The van der Waals surface area contributed by atoms with Gasteiger partial charge in [-0.3, -0.25) is 0 Å². The number of nitrogens with zero attached hydrogens (tertiary/aromatic N) is 1. The van der Waals surface area contributed by atoms with E-state index >= 15 is 0 Å². The van der Waals surface area contributed by atoms with Gasteiger partial charge < -0.3 is 4.90 Å². The fourth-order valence-corrected chi connectivity index (χ4v) is 0.556. The second-order valence-electron chi connectivity index (χ2n) is 1.63. The van der Waals surface area contributed by atoms with Crippen molar-refractivity contribution in [3.05, 3.63) is 24.9 Å². The zero-order chi connectivity index (χ0) is 5.11. The van der Waals surface area contributed by atoms with Gasteiger partial charge in [-0.2, -0.15) is 0 Å². The Hall–Kier alpha value is -0.720. The lowest BCUT2D eigenvalue weighted by atomic mass is 10.3. The molecule has 0 amide bonds. The molecule has 1 aliphatic rings. The summed E-state index contributed by atoms with van der Waals surface area (Å²) in [5.74, 6) is 0. The second kappa shape index (κ2) is 1.82. The van der Waals surface area contributed by atoms with Gasteiger partial charge in [0.1, 0.15) is 0 Å². The molecule has 0 atom stereocenters. The third-order valence-electron chi connectivity index (χ3n) is 1.02. The van der Waals surface area contributed by atoms with E-state index in [1.54, 1.807) is 0 Å². The van der Waals surface area contributed by atoms with Crippen molar-refractivity contribution in [1.82, 2.24) is 4.90 Å². The van der Waals surface area contributed by atoms with Crippen LogP contribution in [0, 0.1) is 0 Å². The molecule has 0 aromatic carbocycles. The third kappa shape index (κ3) is 0.829. The molecular formula is C6H9N. The molecule has 0 bridgehead atoms. The molecule has 1 heterocycles. The molecule has 0 aliphatic carbocycles. The Bertz CT molecular complexity index is 94.4. The number of hydrogen-bond donors (Lipinski definition) is 0. The van der Waals surface area contributed by atoms with Gasteiger partial charge in [-0.1, -0.05) is 6.08 Å². The molecular weight excluding hydrogens is 86.1 g/mol. The molecule has 0 fully saturated rings. The van der Waals surface area contributed by atoms with Crippen LogP contribution in [0.1, 0.15) is 0 Å². The first-order chi connectivity index (χ1) is 3.43. The summed E-state index contributed by atoms with van der Waals surface area (Å²) in [5, 5.41) is 0. The van der Waals surface area contributed by atoms with Gasteiger partial charge in [0.25, 0.3) is 0 Å². The largest absolute Gasteiger partial charge is 0.370 e. The Labute approximate surface area is 43.9 Å². The Morgan fingerprint density at radius 3 is 2.71 bits per heavy atom. The van der Waals surface area contributed by atoms with Gasteiger partial charge >= 0.3 is 0 Å². The van der Waals surface area contributed by atoms with Crippen LogP contribution in [-0.2, 0) is 0 Å². The van der Waals surface area contributed by atoms with E-state index in [2.05, 4.69) is 23.8 Å². The van der Waals surface area contributed by atoms with Crippen LogP contribution in [0.25, 0.3) is 0 Å². The predicted octanol–water partition coefficient (Wildman–Crippen LogP) is 1.00. The molecule has 0 saturated heterocycles. The second-order valence-corrected chi connectivity index (χ2v) is 1.63.